The first-order valence-corrected chi connectivity index (χ1v) is 6.50. The summed E-state index contributed by atoms with van der Waals surface area (Å²) in [5, 5.41) is 0. The summed E-state index contributed by atoms with van der Waals surface area (Å²) < 4.78 is 5.15. The Kier molecular flexibility index (Phi) is 5.32. The number of hydrogen-bond donors (Lipinski definition) is 0. The average molecular weight is 336 g/mol. The third kappa shape index (κ3) is 4.34. The molecular formula is C11H12Br2O2. The van der Waals surface area contributed by atoms with Crippen molar-refractivity contribution < 1.29 is 9.53 Å². The van der Waals surface area contributed by atoms with E-state index in [1.54, 1.807) is 19.1 Å². The molecule has 0 spiro atoms. The molecular weight excluding hydrogens is 324 g/mol. The first-order chi connectivity index (χ1) is 7.13. The number of carbonyl (C=O) groups is 1. The van der Waals surface area contributed by atoms with Gasteiger partial charge in [-0.3, -0.25) is 0 Å². The van der Waals surface area contributed by atoms with Crippen molar-refractivity contribution in [2.45, 2.75) is 17.1 Å². The highest BCUT2D eigenvalue weighted by atomic mass is 79.9. The van der Waals surface area contributed by atoms with E-state index < -0.39 is 0 Å². The molecule has 0 heterocycles. The zero-order chi connectivity index (χ0) is 11.3. The van der Waals surface area contributed by atoms with Gasteiger partial charge in [0.2, 0.25) is 0 Å². The van der Waals surface area contributed by atoms with E-state index in [2.05, 4.69) is 31.9 Å². The lowest BCUT2D eigenvalue weighted by molar-refractivity contribution is 0.0526. The van der Waals surface area contributed by atoms with E-state index in [1.165, 1.54) is 5.56 Å². The van der Waals surface area contributed by atoms with E-state index in [1.807, 2.05) is 12.1 Å². The van der Waals surface area contributed by atoms with Crippen molar-refractivity contribution in [1.29, 1.82) is 0 Å². The van der Waals surface area contributed by atoms with Gasteiger partial charge in [-0.05, 0) is 31.0 Å². The van der Waals surface area contributed by atoms with Crippen LogP contribution in [-0.2, 0) is 11.2 Å². The van der Waals surface area contributed by atoms with Gasteiger partial charge in [-0.25, -0.2) is 4.79 Å². The molecule has 0 radical (unpaired) electrons. The molecule has 2 nitrogen and oxygen atoms in total. The van der Waals surface area contributed by atoms with E-state index in [-0.39, 0.29) is 9.71 Å². The molecule has 0 aliphatic carbocycles. The maximum Gasteiger partial charge on any atom is 0.338 e. The van der Waals surface area contributed by atoms with Crippen LogP contribution in [0.5, 0.6) is 0 Å². The lowest BCUT2D eigenvalue weighted by atomic mass is 10.1. The molecule has 1 aromatic carbocycles. The van der Waals surface area contributed by atoms with E-state index in [9.17, 15) is 4.79 Å². The number of carbonyl (C=O) groups excluding carboxylic acids is 1. The van der Waals surface area contributed by atoms with E-state index in [0.29, 0.717) is 12.2 Å². The summed E-state index contributed by atoms with van der Waals surface area (Å²) in [6.45, 7) is 2.21. The Balaban J connectivity index is 2.67. The number of hydrogen-bond acceptors (Lipinski definition) is 2. The number of alkyl halides is 2. The fourth-order valence-corrected chi connectivity index (χ4v) is 1.92. The fraction of sp³-hybridized carbons (Fsp3) is 0.364. The van der Waals surface area contributed by atoms with Crippen LogP contribution in [0.1, 0.15) is 22.8 Å². The Morgan fingerprint density at radius 3 is 2.40 bits per heavy atom. The Labute approximate surface area is 106 Å². The van der Waals surface area contributed by atoms with Crippen LogP contribution in [0.2, 0.25) is 0 Å². The predicted octanol–water partition coefficient (Wildman–Crippen LogP) is 3.52. The smallest absolute Gasteiger partial charge is 0.338 e. The van der Waals surface area contributed by atoms with Crippen molar-refractivity contribution in [3.05, 3.63) is 35.4 Å². The first-order valence-electron chi connectivity index (χ1n) is 4.67. The van der Waals surface area contributed by atoms with Gasteiger partial charge in [0.1, 0.15) is 0 Å². The van der Waals surface area contributed by atoms with Crippen molar-refractivity contribution in [1.82, 2.24) is 0 Å². The van der Waals surface area contributed by atoms with E-state index in [4.69, 9.17) is 4.74 Å². The van der Waals surface area contributed by atoms with Crippen molar-refractivity contribution in [3.63, 3.8) is 0 Å². The number of halogens is 2. The van der Waals surface area contributed by atoms with Gasteiger partial charge in [0.05, 0.1) is 15.9 Å². The monoisotopic (exact) mass is 334 g/mol. The van der Waals surface area contributed by atoms with Crippen molar-refractivity contribution in [3.8, 4) is 0 Å². The Hall–Kier alpha value is -0.350. The normalized spacial score (nSPS) is 10.4. The van der Waals surface area contributed by atoms with Crippen molar-refractivity contribution in [2.75, 3.05) is 6.61 Å². The van der Waals surface area contributed by atoms with Gasteiger partial charge in [0.25, 0.3) is 0 Å². The maximum atomic E-state index is 11.3. The SMILES string of the molecule is CCOC(=O)c1ccc(CC(Br)Br)cc1. The highest BCUT2D eigenvalue weighted by molar-refractivity contribution is 9.24. The molecule has 0 aliphatic heterocycles. The van der Waals surface area contributed by atoms with Crippen LogP contribution in [0.25, 0.3) is 0 Å². The zero-order valence-electron chi connectivity index (χ0n) is 8.37. The van der Waals surface area contributed by atoms with E-state index in [0.717, 1.165) is 6.42 Å². The van der Waals surface area contributed by atoms with E-state index >= 15 is 0 Å². The van der Waals surface area contributed by atoms with Crippen LogP contribution >= 0.6 is 31.9 Å². The second-order valence-electron chi connectivity index (χ2n) is 3.01. The molecule has 82 valence electrons. The van der Waals surface area contributed by atoms with Gasteiger partial charge in [0.15, 0.2) is 0 Å². The molecule has 0 aromatic heterocycles. The Morgan fingerprint density at radius 2 is 1.93 bits per heavy atom. The standard InChI is InChI=1S/C11H12Br2O2/c1-2-15-11(14)9-5-3-8(4-6-9)7-10(12)13/h3-6,10H,2,7H2,1H3. The molecule has 0 atom stereocenters. The lowest BCUT2D eigenvalue weighted by Gasteiger charge is -2.04. The van der Waals surface area contributed by atoms with Crippen LogP contribution in [0.15, 0.2) is 24.3 Å². The minimum absolute atomic E-state index is 0.262. The third-order valence-corrected chi connectivity index (χ3v) is 2.50. The van der Waals surface area contributed by atoms with Crippen molar-refractivity contribution in [2.24, 2.45) is 0 Å². The second kappa shape index (κ2) is 6.28. The van der Waals surface area contributed by atoms with Crippen LogP contribution < -0.4 is 0 Å². The average Bonchev–Trinajstić information content (AvgIpc) is 2.18. The van der Waals surface area contributed by atoms with Gasteiger partial charge in [-0.2, -0.15) is 0 Å². The topological polar surface area (TPSA) is 26.3 Å². The summed E-state index contributed by atoms with van der Waals surface area (Å²) in [6, 6.07) is 7.44. The number of ether oxygens (including phenoxy) is 1. The molecule has 15 heavy (non-hydrogen) atoms. The summed E-state index contributed by atoms with van der Waals surface area (Å²) in [5.74, 6) is -0.265. The highest BCUT2D eigenvalue weighted by Gasteiger charge is 2.06. The van der Waals surface area contributed by atoms with Gasteiger partial charge >= 0.3 is 5.97 Å². The highest BCUT2D eigenvalue weighted by Crippen LogP contribution is 2.16. The Morgan fingerprint density at radius 1 is 1.33 bits per heavy atom. The molecule has 0 N–H and O–H groups in total. The summed E-state index contributed by atoms with van der Waals surface area (Å²) in [6.07, 6.45) is 0.878. The van der Waals surface area contributed by atoms with Crippen LogP contribution in [0.4, 0.5) is 0 Å². The largest absolute Gasteiger partial charge is 0.462 e. The molecule has 1 aromatic rings. The Bertz CT molecular complexity index is 320. The summed E-state index contributed by atoms with van der Waals surface area (Å²) in [4.78, 5) is 11.3. The molecule has 0 amide bonds. The molecule has 0 fully saturated rings. The minimum atomic E-state index is -0.265. The van der Waals surface area contributed by atoms with Crippen LogP contribution in [0, 0.1) is 0 Å². The number of benzene rings is 1. The number of rotatable bonds is 4. The van der Waals surface area contributed by atoms with Gasteiger partial charge < -0.3 is 4.74 Å². The van der Waals surface area contributed by atoms with Gasteiger partial charge in [0, 0.05) is 0 Å². The summed E-state index contributed by atoms with van der Waals surface area (Å²) in [5.41, 5.74) is 1.77. The van der Waals surface area contributed by atoms with Gasteiger partial charge in [-0.1, -0.05) is 44.0 Å². The zero-order valence-corrected chi connectivity index (χ0v) is 11.5. The second-order valence-corrected chi connectivity index (χ2v) is 6.45. The van der Waals surface area contributed by atoms with Crippen LogP contribution in [-0.4, -0.2) is 16.3 Å². The molecule has 0 unspecified atom stereocenters. The lowest BCUT2D eigenvalue weighted by Crippen LogP contribution is -2.04. The molecule has 0 saturated heterocycles. The molecule has 0 aliphatic rings. The minimum Gasteiger partial charge on any atom is -0.462 e. The quantitative estimate of drug-likeness (QED) is 0.621. The predicted molar refractivity (Wildman–Crippen MR) is 67.7 cm³/mol. The van der Waals surface area contributed by atoms with Gasteiger partial charge in [-0.15, -0.1) is 0 Å². The molecule has 1 rings (SSSR count). The third-order valence-electron chi connectivity index (χ3n) is 1.86. The summed E-state index contributed by atoms with van der Waals surface area (Å²) >= 11 is 6.82. The maximum absolute atomic E-state index is 11.3. The fourth-order valence-electron chi connectivity index (χ4n) is 1.17. The summed E-state index contributed by atoms with van der Waals surface area (Å²) in [7, 11) is 0. The number of esters is 1. The van der Waals surface area contributed by atoms with Crippen molar-refractivity contribution >= 4 is 37.8 Å². The van der Waals surface area contributed by atoms with Crippen LogP contribution in [0.3, 0.4) is 0 Å². The molecule has 4 heteroatoms. The molecule has 0 saturated carbocycles. The molecule has 0 bridgehead atoms. The first kappa shape index (κ1) is 12.7.